The SMILES string of the molecule is CCN1CC[C@@H](NS(=O)(=O)c2ccc(CNC3CCCC3)cc2)C1. The third kappa shape index (κ3) is 4.57. The Morgan fingerprint density at radius 3 is 2.42 bits per heavy atom. The zero-order chi connectivity index (χ0) is 17.0. The van der Waals surface area contributed by atoms with Crippen LogP contribution in [0.5, 0.6) is 0 Å². The molecule has 0 aromatic heterocycles. The van der Waals surface area contributed by atoms with E-state index in [0.717, 1.165) is 38.2 Å². The van der Waals surface area contributed by atoms with Crippen LogP contribution >= 0.6 is 0 Å². The third-order valence-corrected chi connectivity index (χ3v) is 6.76. The third-order valence-electron chi connectivity index (χ3n) is 5.23. The summed E-state index contributed by atoms with van der Waals surface area (Å²) in [6, 6.07) is 7.94. The molecule has 3 rings (SSSR count). The van der Waals surface area contributed by atoms with Crippen LogP contribution in [0.1, 0.15) is 44.6 Å². The summed E-state index contributed by atoms with van der Waals surface area (Å²) in [6.45, 7) is 5.66. The van der Waals surface area contributed by atoms with Crippen LogP contribution in [0.15, 0.2) is 29.2 Å². The molecule has 1 saturated carbocycles. The summed E-state index contributed by atoms with van der Waals surface area (Å²) >= 11 is 0. The summed E-state index contributed by atoms with van der Waals surface area (Å²) in [4.78, 5) is 2.63. The van der Waals surface area contributed by atoms with Gasteiger partial charge in [-0.05, 0) is 50.0 Å². The standard InChI is InChI=1S/C18H29N3O2S/c1-2-21-12-11-17(14-21)20-24(22,23)18-9-7-15(8-10-18)13-19-16-5-3-4-6-16/h7-10,16-17,19-20H,2-6,11-14H2,1H3/t17-/m1/s1. The van der Waals surface area contributed by atoms with Gasteiger partial charge in [-0.1, -0.05) is 31.9 Å². The van der Waals surface area contributed by atoms with Crippen LogP contribution in [-0.4, -0.2) is 45.0 Å². The monoisotopic (exact) mass is 351 g/mol. The van der Waals surface area contributed by atoms with E-state index in [1.807, 2.05) is 12.1 Å². The summed E-state index contributed by atoms with van der Waals surface area (Å²) in [5.41, 5.74) is 1.14. The average molecular weight is 352 g/mol. The van der Waals surface area contributed by atoms with Crippen LogP contribution in [0, 0.1) is 0 Å². The zero-order valence-corrected chi connectivity index (χ0v) is 15.3. The molecule has 1 aliphatic carbocycles. The Kier molecular flexibility index (Phi) is 5.92. The summed E-state index contributed by atoms with van der Waals surface area (Å²) in [7, 11) is -3.42. The van der Waals surface area contributed by atoms with Crippen LogP contribution in [-0.2, 0) is 16.6 Å². The molecule has 0 radical (unpaired) electrons. The van der Waals surface area contributed by atoms with Gasteiger partial charge in [-0.2, -0.15) is 0 Å². The molecular weight excluding hydrogens is 322 g/mol. The Balaban J connectivity index is 1.55. The quantitative estimate of drug-likeness (QED) is 0.790. The predicted molar refractivity (Wildman–Crippen MR) is 96.4 cm³/mol. The highest BCUT2D eigenvalue weighted by Gasteiger charge is 2.26. The maximum Gasteiger partial charge on any atom is 0.240 e. The lowest BCUT2D eigenvalue weighted by Crippen LogP contribution is -2.37. The van der Waals surface area contributed by atoms with Crippen LogP contribution < -0.4 is 10.0 Å². The van der Waals surface area contributed by atoms with Crippen molar-refractivity contribution in [3.05, 3.63) is 29.8 Å². The first-order valence-corrected chi connectivity index (χ1v) is 10.6. The van der Waals surface area contributed by atoms with E-state index in [2.05, 4.69) is 21.9 Å². The van der Waals surface area contributed by atoms with Crippen molar-refractivity contribution < 1.29 is 8.42 Å². The molecule has 2 N–H and O–H groups in total. The second-order valence-electron chi connectivity index (χ2n) is 7.01. The van der Waals surface area contributed by atoms with Crippen molar-refractivity contribution in [3.63, 3.8) is 0 Å². The molecule has 0 spiro atoms. The molecule has 2 fully saturated rings. The maximum atomic E-state index is 12.5. The molecule has 134 valence electrons. The van der Waals surface area contributed by atoms with Crippen molar-refractivity contribution in [2.24, 2.45) is 0 Å². The van der Waals surface area contributed by atoms with Gasteiger partial charge in [0.05, 0.1) is 4.90 Å². The summed E-state index contributed by atoms with van der Waals surface area (Å²) in [5.74, 6) is 0. The molecule has 2 aliphatic rings. The minimum atomic E-state index is -3.42. The van der Waals surface area contributed by atoms with Gasteiger partial charge >= 0.3 is 0 Å². The van der Waals surface area contributed by atoms with E-state index < -0.39 is 10.0 Å². The normalized spacial score (nSPS) is 23.1. The Bertz CT molecular complexity index is 624. The Hall–Kier alpha value is -0.950. The number of nitrogens with one attached hydrogen (secondary N) is 2. The molecule has 1 aromatic carbocycles. The first-order chi connectivity index (χ1) is 11.6. The van der Waals surface area contributed by atoms with Crippen LogP contribution in [0.2, 0.25) is 0 Å². The number of likely N-dealkylation sites (N-methyl/N-ethyl adjacent to an activating group) is 1. The number of sulfonamides is 1. The highest BCUT2D eigenvalue weighted by molar-refractivity contribution is 7.89. The van der Waals surface area contributed by atoms with Gasteiger partial charge in [-0.15, -0.1) is 0 Å². The van der Waals surface area contributed by atoms with Crippen molar-refractivity contribution in [1.29, 1.82) is 0 Å². The molecule has 1 saturated heterocycles. The van der Waals surface area contributed by atoms with Crippen molar-refractivity contribution in [1.82, 2.24) is 14.9 Å². The van der Waals surface area contributed by atoms with E-state index in [0.29, 0.717) is 10.9 Å². The predicted octanol–water partition coefficient (Wildman–Crippen LogP) is 2.09. The number of hydrogen-bond donors (Lipinski definition) is 2. The van der Waals surface area contributed by atoms with E-state index in [4.69, 9.17) is 0 Å². The van der Waals surface area contributed by atoms with Gasteiger partial charge in [0.1, 0.15) is 0 Å². The molecule has 24 heavy (non-hydrogen) atoms. The fourth-order valence-corrected chi connectivity index (χ4v) is 4.94. The van der Waals surface area contributed by atoms with E-state index in [9.17, 15) is 8.42 Å². The number of nitrogens with zero attached hydrogens (tertiary/aromatic N) is 1. The number of likely N-dealkylation sites (tertiary alicyclic amines) is 1. The zero-order valence-electron chi connectivity index (χ0n) is 14.5. The van der Waals surface area contributed by atoms with Crippen LogP contribution in [0.25, 0.3) is 0 Å². The van der Waals surface area contributed by atoms with E-state index in [1.165, 1.54) is 25.7 Å². The lowest BCUT2D eigenvalue weighted by molar-refractivity contribution is 0.351. The fraction of sp³-hybridized carbons (Fsp3) is 0.667. The van der Waals surface area contributed by atoms with Crippen molar-refractivity contribution in [2.45, 2.75) is 62.6 Å². The summed E-state index contributed by atoms with van der Waals surface area (Å²) in [5, 5.41) is 3.56. The second kappa shape index (κ2) is 7.95. The van der Waals surface area contributed by atoms with Gasteiger partial charge in [-0.3, -0.25) is 0 Å². The highest BCUT2D eigenvalue weighted by atomic mass is 32.2. The largest absolute Gasteiger partial charge is 0.310 e. The number of hydrogen-bond acceptors (Lipinski definition) is 4. The Morgan fingerprint density at radius 2 is 1.79 bits per heavy atom. The van der Waals surface area contributed by atoms with Crippen molar-refractivity contribution >= 4 is 10.0 Å². The fourth-order valence-electron chi connectivity index (χ4n) is 3.68. The minimum absolute atomic E-state index is 0.0265. The molecule has 0 amide bonds. The molecular formula is C18H29N3O2S. The van der Waals surface area contributed by atoms with Crippen LogP contribution in [0.4, 0.5) is 0 Å². The molecule has 0 unspecified atom stereocenters. The lowest BCUT2D eigenvalue weighted by atomic mass is 10.2. The molecule has 1 aliphatic heterocycles. The minimum Gasteiger partial charge on any atom is -0.310 e. The van der Waals surface area contributed by atoms with Crippen molar-refractivity contribution in [2.75, 3.05) is 19.6 Å². The Labute approximate surface area is 145 Å². The second-order valence-corrected chi connectivity index (χ2v) is 8.72. The summed E-state index contributed by atoms with van der Waals surface area (Å²) in [6.07, 6.45) is 6.03. The Morgan fingerprint density at radius 1 is 1.08 bits per heavy atom. The van der Waals surface area contributed by atoms with E-state index in [-0.39, 0.29) is 6.04 Å². The van der Waals surface area contributed by atoms with Gasteiger partial charge in [-0.25, -0.2) is 13.1 Å². The van der Waals surface area contributed by atoms with Gasteiger partial charge in [0, 0.05) is 25.2 Å². The average Bonchev–Trinajstić information content (AvgIpc) is 3.24. The van der Waals surface area contributed by atoms with Gasteiger partial charge in [0.15, 0.2) is 0 Å². The number of benzene rings is 1. The smallest absolute Gasteiger partial charge is 0.240 e. The molecule has 1 atom stereocenters. The first-order valence-electron chi connectivity index (χ1n) is 9.14. The maximum absolute atomic E-state index is 12.5. The highest BCUT2D eigenvalue weighted by Crippen LogP contribution is 2.19. The topological polar surface area (TPSA) is 61.4 Å². The number of rotatable bonds is 7. The molecule has 1 aromatic rings. The molecule has 6 heteroatoms. The van der Waals surface area contributed by atoms with Crippen LogP contribution in [0.3, 0.4) is 0 Å². The molecule has 5 nitrogen and oxygen atoms in total. The van der Waals surface area contributed by atoms with Gasteiger partial charge < -0.3 is 10.2 Å². The van der Waals surface area contributed by atoms with Gasteiger partial charge in [0.2, 0.25) is 10.0 Å². The van der Waals surface area contributed by atoms with Gasteiger partial charge in [0.25, 0.3) is 0 Å². The lowest BCUT2D eigenvalue weighted by Gasteiger charge is -2.15. The van der Waals surface area contributed by atoms with Crippen molar-refractivity contribution in [3.8, 4) is 0 Å². The summed E-state index contributed by atoms with van der Waals surface area (Å²) < 4.78 is 27.9. The molecule has 1 heterocycles. The van der Waals surface area contributed by atoms with E-state index >= 15 is 0 Å². The van der Waals surface area contributed by atoms with E-state index in [1.54, 1.807) is 12.1 Å². The molecule has 0 bridgehead atoms. The first kappa shape index (κ1) is 17.9.